The second kappa shape index (κ2) is 11.1. The van der Waals surface area contributed by atoms with Crippen LogP contribution in [0.25, 0.3) is 0 Å². The molecule has 2 N–H and O–H groups in total. The molecule has 0 fully saturated rings. The summed E-state index contributed by atoms with van der Waals surface area (Å²) in [4.78, 5) is 28.0. The van der Waals surface area contributed by atoms with Crippen LogP contribution in [0.15, 0.2) is 54.7 Å². The van der Waals surface area contributed by atoms with Crippen LogP contribution in [0, 0.1) is 0 Å². The van der Waals surface area contributed by atoms with Crippen molar-refractivity contribution < 1.29 is 19.4 Å². The molecule has 0 aliphatic carbocycles. The number of ether oxygens (including phenoxy) is 1. The minimum absolute atomic E-state index is 0.235. The van der Waals surface area contributed by atoms with Crippen LogP contribution >= 0.6 is 0 Å². The number of carbonyl (C=O) groups is 2. The van der Waals surface area contributed by atoms with Gasteiger partial charge in [-0.2, -0.15) is 0 Å². The Morgan fingerprint density at radius 2 is 1.84 bits per heavy atom. The third-order valence-electron chi connectivity index (χ3n) is 5.20. The maximum Gasteiger partial charge on any atom is 0.338 e. The number of hydrogen-bond acceptors (Lipinski definition) is 5. The van der Waals surface area contributed by atoms with E-state index in [1.54, 1.807) is 37.3 Å². The van der Waals surface area contributed by atoms with Gasteiger partial charge in [0.2, 0.25) is 0 Å². The number of para-hydroxylation sites is 1. The summed E-state index contributed by atoms with van der Waals surface area (Å²) in [5.74, 6) is -0.302. The highest BCUT2D eigenvalue weighted by Gasteiger charge is 2.14. The lowest BCUT2D eigenvalue weighted by Crippen LogP contribution is -2.13. The summed E-state index contributed by atoms with van der Waals surface area (Å²) >= 11 is 0. The molecule has 1 aromatic heterocycles. The molecule has 3 aromatic rings. The van der Waals surface area contributed by atoms with Gasteiger partial charge < -0.3 is 19.7 Å². The standard InChI is InChI=1S/C25H29N3O4/c1-3-5-10-23-27-16-20(15-26-22-9-7-6-8-21(22)24(29)30)28(23)17-18-11-13-19(14-12-18)25(31)32-4-2/h6-9,11-14,16,26H,3-5,10,15,17H2,1-2H3,(H,29,30). The van der Waals surface area contributed by atoms with E-state index in [2.05, 4.69) is 21.8 Å². The molecule has 3 rings (SSSR count). The molecule has 0 spiro atoms. The SMILES string of the molecule is CCCCc1ncc(CNc2ccccc2C(=O)O)n1Cc1ccc(C(=O)OCC)cc1. The fourth-order valence-corrected chi connectivity index (χ4v) is 3.48. The third kappa shape index (κ3) is 5.75. The molecule has 0 amide bonds. The van der Waals surface area contributed by atoms with Crippen molar-refractivity contribution in [3.63, 3.8) is 0 Å². The number of aromatic carboxylic acids is 1. The van der Waals surface area contributed by atoms with Crippen molar-refractivity contribution in [2.45, 2.75) is 46.2 Å². The number of rotatable bonds is 11. The maximum absolute atomic E-state index is 11.9. The van der Waals surface area contributed by atoms with E-state index in [1.165, 1.54) is 0 Å². The second-order valence-corrected chi connectivity index (χ2v) is 7.48. The molecule has 0 aliphatic rings. The van der Waals surface area contributed by atoms with Crippen LogP contribution in [0.4, 0.5) is 5.69 Å². The summed E-state index contributed by atoms with van der Waals surface area (Å²) < 4.78 is 7.21. The zero-order valence-corrected chi connectivity index (χ0v) is 18.5. The summed E-state index contributed by atoms with van der Waals surface area (Å²) in [7, 11) is 0. The lowest BCUT2D eigenvalue weighted by molar-refractivity contribution is 0.0525. The van der Waals surface area contributed by atoms with Gasteiger partial charge in [-0.25, -0.2) is 14.6 Å². The van der Waals surface area contributed by atoms with Crippen LogP contribution in [0.5, 0.6) is 0 Å². The number of aryl methyl sites for hydroxylation is 1. The lowest BCUT2D eigenvalue weighted by atomic mass is 10.1. The first kappa shape index (κ1) is 23.1. The molecule has 168 valence electrons. The monoisotopic (exact) mass is 435 g/mol. The van der Waals surface area contributed by atoms with Gasteiger partial charge in [-0.05, 0) is 43.2 Å². The van der Waals surface area contributed by atoms with E-state index in [0.717, 1.165) is 36.3 Å². The highest BCUT2D eigenvalue weighted by Crippen LogP contribution is 2.18. The number of imidazole rings is 1. The zero-order valence-electron chi connectivity index (χ0n) is 18.5. The predicted octanol–water partition coefficient (Wildman–Crippen LogP) is 4.76. The molecule has 0 aliphatic heterocycles. The molecule has 0 unspecified atom stereocenters. The van der Waals surface area contributed by atoms with E-state index in [0.29, 0.717) is 30.9 Å². The highest BCUT2D eigenvalue weighted by molar-refractivity contribution is 5.94. The highest BCUT2D eigenvalue weighted by atomic mass is 16.5. The normalized spacial score (nSPS) is 10.7. The van der Waals surface area contributed by atoms with Crippen LogP contribution in [0.1, 0.15) is 64.5 Å². The van der Waals surface area contributed by atoms with Crippen molar-refractivity contribution >= 4 is 17.6 Å². The van der Waals surface area contributed by atoms with Gasteiger partial charge in [-0.1, -0.05) is 37.6 Å². The minimum Gasteiger partial charge on any atom is -0.478 e. The number of esters is 1. The molecular weight excluding hydrogens is 406 g/mol. The van der Waals surface area contributed by atoms with Gasteiger partial charge in [-0.15, -0.1) is 0 Å². The Bertz CT molecular complexity index is 1060. The first-order valence-corrected chi connectivity index (χ1v) is 10.9. The lowest BCUT2D eigenvalue weighted by Gasteiger charge is -2.15. The maximum atomic E-state index is 11.9. The first-order chi connectivity index (χ1) is 15.5. The molecule has 0 saturated heterocycles. The van der Waals surface area contributed by atoms with Crippen molar-refractivity contribution in [1.29, 1.82) is 0 Å². The van der Waals surface area contributed by atoms with E-state index in [1.807, 2.05) is 24.4 Å². The number of anilines is 1. The third-order valence-corrected chi connectivity index (χ3v) is 5.20. The average molecular weight is 436 g/mol. The van der Waals surface area contributed by atoms with Crippen molar-refractivity contribution in [3.05, 3.63) is 82.9 Å². The Morgan fingerprint density at radius 1 is 1.09 bits per heavy atom. The van der Waals surface area contributed by atoms with E-state index >= 15 is 0 Å². The number of unbranched alkanes of at least 4 members (excludes halogenated alkanes) is 1. The van der Waals surface area contributed by atoms with E-state index in [4.69, 9.17) is 4.74 Å². The first-order valence-electron chi connectivity index (χ1n) is 10.9. The van der Waals surface area contributed by atoms with Gasteiger partial charge >= 0.3 is 11.9 Å². The van der Waals surface area contributed by atoms with Gasteiger partial charge in [0.25, 0.3) is 0 Å². The molecule has 0 radical (unpaired) electrons. The summed E-state index contributed by atoms with van der Waals surface area (Å²) in [6.07, 6.45) is 4.81. The van der Waals surface area contributed by atoms with E-state index in [-0.39, 0.29) is 11.5 Å². The Morgan fingerprint density at radius 3 is 2.53 bits per heavy atom. The van der Waals surface area contributed by atoms with Gasteiger partial charge in [-0.3, -0.25) is 0 Å². The van der Waals surface area contributed by atoms with E-state index < -0.39 is 5.97 Å². The largest absolute Gasteiger partial charge is 0.478 e. The number of nitrogens with zero attached hydrogens (tertiary/aromatic N) is 2. The van der Waals surface area contributed by atoms with Crippen molar-refractivity contribution in [1.82, 2.24) is 9.55 Å². The Hall–Kier alpha value is -3.61. The number of nitrogens with one attached hydrogen (secondary N) is 1. The minimum atomic E-state index is -0.966. The number of aromatic nitrogens is 2. The number of carbonyl (C=O) groups excluding carboxylic acids is 1. The van der Waals surface area contributed by atoms with Crippen molar-refractivity contribution in [2.24, 2.45) is 0 Å². The second-order valence-electron chi connectivity index (χ2n) is 7.48. The van der Waals surface area contributed by atoms with Crippen LogP contribution in [-0.2, 0) is 24.2 Å². The zero-order chi connectivity index (χ0) is 22.9. The van der Waals surface area contributed by atoms with Crippen LogP contribution in [0.3, 0.4) is 0 Å². The van der Waals surface area contributed by atoms with Crippen LogP contribution in [0.2, 0.25) is 0 Å². The Balaban J connectivity index is 1.80. The topological polar surface area (TPSA) is 93.5 Å². The molecule has 0 atom stereocenters. The molecule has 7 heteroatoms. The molecule has 0 bridgehead atoms. The van der Waals surface area contributed by atoms with Crippen LogP contribution < -0.4 is 5.32 Å². The summed E-state index contributed by atoms with van der Waals surface area (Å²) in [5.41, 5.74) is 3.34. The number of carboxylic acid groups (broad SMARTS) is 1. The van der Waals surface area contributed by atoms with Crippen molar-refractivity contribution in [3.8, 4) is 0 Å². The molecule has 1 heterocycles. The fraction of sp³-hybridized carbons (Fsp3) is 0.320. The molecule has 0 saturated carbocycles. The summed E-state index contributed by atoms with van der Waals surface area (Å²) in [6, 6.07) is 14.3. The molecule has 32 heavy (non-hydrogen) atoms. The quantitative estimate of drug-likeness (QED) is 0.422. The van der Waals surface area contributed by atoms with Crippen molar-refractivity contribution in [2.75, 3.05) is 11.9 Å². The Labute approximate surface area is 188 Å². The van der Waals surface area contributed by atoms with Gasteiger partial charge in [0.15, 0.2) is 0 Å². The number of benzene rings is 2. The average Bonchev–Trinajstić information content (AvgIpc) is 3.18. The molecular formula is C25H29N3O4. The molecule has 2 aromatic carbocycles. The van der Waals surface area contributed by atoms with E-state index in [9.17, 15) is 14.7 Å². The Kier molecular flexibility index (Phi) is 8.02. The number of hydrogen-bond donors (Lipinski definition) is 2. The van der Waals surface area contributed by atoms with Gasteiger partial charge in [0, 0.05) is 18.7 Å². The van der Waals surface area contributed by atoms with Gasteiger partial charge in [0.1, 0.15) is 5.82 Å². The molecule has 7 nitrogen and oxygen atoms in total. The fourth-order valence-electron chi connectivity index (χ4n) is 3.48. The summed E-state index contributed by atoms with van der Waals surface area (Å²) in [6.45, 7) is 5.34. The predicted molar refractivity (Wildman–Crippen MR) is 123 cm³/mol. The van der Waals surface area contributed by atoms with Crippen LogP contribution in [-0.4, -0.2) is 33.2 Å². The van der Waals surface area contributed by atoms with Gasteiger partial charge in [0.05, 0.1) is 36.2 Å². The number of carboxylic acids is 1. The summed E-state index contributed by atoms with van der Waals surface area (Å²) in [5, 5.41) is 12.7. The smallest absolute Gasteiger partial charge is 0.338 e.